The predicted octanol–water partition coefficient (Wildman–Crippen LogP) is 4.89. The van der Waals surface area contributed by atoms with Gasteiger partial charge in [0.25, 0.3) is 0 Å². The maximum atomic E-state index is 13.4. The summed E-state index contributed by atoms with van der Waals surface area (Å²) in [6, 6.07) is 11.0. The van der Waals surface area contributed by atoms with E-state index in [9.17, 15) is 8.78 Å². The first-order valence-corrected chi connectivity index (χ1v) is 8.32. The number of fused-ring (bicyclic) bond motifs is 1. The van der Waals surface area contributed by atoms with Crippen molar-refractivity contribution in [3.8, 4) is 0 Å². The van der Waals surface area contributed by atoms with E-state index >= 15 is 0 Å². The molecule has 0 aliphatic rings. The van der Waals surface area contributed by atoms with Gasteiger partial charge in [-0.3, -0.25) is 9.47 Å². The van der Waals surface area contributed by atoms with Gasteiger partial charge in [-0.05, 0) is 47.2 Å². The molecule has 3 nitrogen and oxygen atoms in total. The fraction of sp³-hybridized carbons (Fsp3) is 0.267. The third kappa shape index (κ3) is 3.21. The van der Waals surface area contributed by atoms with Crippen molar-refractivity contribution in [2.24, 2.45) is 0 Å². The molecule has 0 fully saturated rings. The van der Waals surface area contributed by atoms with Gasteiger partial charge in [0.05, 0.1) is 21.4 Å². The van der Waals surface area contributed by atoms with Gasteiger partial charge in [-0.25, -0.2) is 4.98 Å². The highest BCUT2D eigenvalue weighted by Crippen LogP contribution is 2.26. The van der Waals surface area contributed by atoms with Crippen LogP contribution in [0.15, 0.2) is 40.2 Å². The number of aromatic nitrogens is 2. The number of halogens is 3. The number of para-hydroxylation sites is 2. The Morgan fingerprint density at radius 3 is 2.68 bits per heavy atom. The van der Waals surface area contributed by atoms with E-state index in [0.29, 0.717) is 29.9 Å². The Hall–Kier alpha value is -1.31. The van der Waals surface area contributed by atoms with E-state index in [4.69, 9.17) is 0 Å². The third-order valence-electron chi connectivity index (χ3n) is 3.33. The largest absolute Gasteiger partial charge is 0.320 e. The van der Waals surface area contributed by atoms with Gasteiger partial charge in [-0.1, -0.05) is 12.1 Å². The van der Waals surface area contributed by atoms with Crippen molar-refractivity contribution in [2.75, 3.05) is 7.05 Å². The zero-order chi connectivity index (χ0) is 15.7. The number of hydrogen-bond acceptors (Lipinski definition) is 3. The van der Waals surface area contributed by atoms with Gasteiger partial charge in [-0.15, -0.1) is 11.3 Å². The van der Waals surface area contributed by atoms with E-state index in [1.807, 2.05) is 30.1 Å². The van der Waals surface area contributed by atoms with Crippen LogP contribution in [0.1, 0.15) is 17.3 Å². The van der Waals surface area contributed by atoms with Gasteiger partial charge < -0.3 is 0 Å². The lowest BCUT2D eigenvalue weighted by atomic mass is 10.3. The van der Waals surface area contributed by atoms with Crippen molar-refractivity contribution < 1.29 is 8.78 Å². The van der Waals surface area contributed by atoms with Crippen molar-refractivity contribution in [3.05, 3.63) is 50.9 Å². The Morgan fingerprint density at radius 2 is 2.00 bits per heavy atom. The molecule has 0 saturated carbocycles. The van der Waals surface area contributed by atoms with E-state index < -0.39 is 6.55 Å². The van der Waals surface area contributed by atoms with Gasteiger partial charge in [-0.2, -0.15) is 8.78 Å². The third-order valence-corrected chi connectivity index (χ3v) is 4.94. The summed E-state index contributed by atoms with van der Waals surface area (Å²) in [6.07, 6.45) is 0. The highest BCUT2D eigenvalue weighted by molar-refractivity contribution is 9.11. The molecule has 0 unspecified atom stereocenters. The molecule has 7 heteroatoms. The van der Waals surface area contributed by atoms with E-state index in [-0.39, 0.29) is 0 Å². The number of rotatable bonds is 5. The van der Waals surface area contributed by atoms with Gasteiger partial charge in [0.2, 0.25) is 0 Å². The minimum absolute atomic E-state index is 0.370. The first-order valence-electron chi connectivity index (χ1n) is 6.71. The van der Waals surface area contributed by atoms with Crippen LogP contribution in [0.5, 0.6) is 0 Å². The van der Waals surface area contributed by atoms with Crippen molar-refractivity contribution in [1.82, 2.24) is 14.5 Å². The van der Waals surface area contributed by atoms with Crippen LogP contribution < -0.4 is 0 Å². The summed E-state index contributed by atoms with van der Waals surface area (Å²) in [5.41, 5.74) is 1.07. The predicted molar refractivity (Wildman–Crippen MR) is 88.2 cm³/mol. The van der Waals surface area contributed by atoms with Crippen molar-refractivity contribution in [3.63, 3.8) is 0 Å². The van der Waals surface area contributed by atoms with Crippen LogP contribution in [0.2, 0.25) is 0 Å². The van der Waals surface area contributed by atoms with Gasteiger partial charge >= 0.3 is 6.55 Å². The first kappa shape index (κ1) is 15.6. The second kappa shape index (κ2) is 6.44. The smallest absolute Gasteiger partial charge is 0.294 e. The Balaban J connectivity index is 1.85. The molecule has 0 aliphatic heterocycles. The highest BCUT2D eigenvalue weighted by atomic mass is 79.9. The quantitative estimate of drug-likeness (QED) is 0.623. The highest BCUT2D eigenvalue weighted by Gasteiger charge is 2.18. The first-order chi connectivity index (χ1) is 10.5. The van der Waals surface area contributed by atoms with Crippen LogP contribution >= 0.6 is 27.3 Å². The molecule has 1 aromatic carbocycles. The number of hydrogen-bond donors (Lipinski definition) is 0. The summed E-state index contributed by atoms with van der Waals surface area (Å²) < 4.78 is 28.8. The van der Waals surface area contributed by atoms with Crippen molar-refractivity contribution >= 4 is 38.3 Å². The number of thiophene rings is 1. The van der Waals surface area contributed by atoms with Crippen molar-refractivity contribution in [2.45, 2.75) is 19.6 Å². The Bertz CT molecular complexity index is 784. The summed E-state index contributed by atoms with van der Waals surface area (Å²) in [7, 11) is 1.91. The minimum Gasteiger partial charge on any atom is -0.294 e. The molecule has 0 radical (unpaired) electrons. The maximum Gasteiger partial charge on any atom is 0.320 e. The van der Waals surface area contributed by atoms with Crippen LogP contribution in [0, 0.1) is 0 Å². The van der Waals surface area contributed by atoms with Crippen LogP contribution in [0.3, 0.4) is 0 Å². The van der Waals surface area contributed by atoms with Gasteiger partial charge in [0, 0.05) is 11.4 Å². The van der Waals surface area contributed by atoms with Crippen LogP contribution in [-0.2, 0) is 13.1 Å². The lowest BCUT2D eigenvalue weighted by molar-refractivity contribution is 0.0689. The maximum absolute atomic E-state index is 13.4. The Labute approximate surface area is 139 Å². The van der Waals surface area contributed by atoms with E-state index in [2.05, 4.69) is 20.9 Å². The zero-order valence-corrected chi connectivity index (χ0v) is 14.2. The van der Waals surface area contributed by atoms with E-state index in [1.165, 1.54) is 4.88 Å². The topological polar surface area (TPSA) is 21.1 Å². The molecule has 116 valence electrons. The molecule has 0 amide bonds. The monoisotopic (exact) mass is 385 g/mol. The molecule has 0 bridgehead atoms. The van der Waals surface area contributed by atoms with Crippen LogP contribution in [0.4, 0.5) is 8.78 Å². The fourth-order valence-corrected chi connectivity index (χ4v) is 3.99. The van der Waals surface area contributed by atoms with Gasteiger partial charge in [0.1, 0.15) is 5.82 Å². The molecule has 2 aromatic heterocycles. The number of nitrogens with zero attached hydrogens (tertiary/aromatic N) is 3. The fourth-order valence-electron chi connectivity index (χ4n) is 2.42. The molecular weight excluding hydrogens is 372 g/mol. The summed E-state index contributed by atoms with van der Waals surface area (Å²) in [5, 5.41) is 0. The standard InChI is InChI=1S/C15H14BrF2N3S/c1-20(8-10-6-7-13(16)22-10)9-14-19-11-4-2-3-5-12(11)21(14)15(17)18/h2-7,15H,8-9H2,1H3. The Morgan fingerprint density at radius 1 is 1.23 bits per heavy atom. The van der Waals surface area contributed by atoms with Crippen LogP contribution in [-0.4, -0.2) is 21.5 Å². The molecule has 3 rings (SSSR count). The minimum atomic E-state index is -2.59. The van der Waals surface area contributed by atoms with Crippen LogP contribution in [0.25, 0.3) is 11.0 Å². The normalized spacial score (nSPS) is 11.9. The Kier molecular flexibility index (Phi) is 4.56. The summed E-state index contributed by atoms with van der Waals surface area (Å²) in [4.78, 5) is 7.52. The summed E-state index contributed by atoms with van der Waals surface area (Å²) in [6.45, 7) is -1.52. The summed E-state index contributed by atoms with van der Waals surface area (Å²) in [5.74, 6) is 0.384. The number of benzene rings is 1. The second-order valence-corrected chi connectivity index (χ2v) is 7.59. The molecule has 22 heavy (non-hydrogen) atoms. The molecule has 0 saturated heterocycles. The number of alkyl halides is 2. The van der Waals surface area contributed by atoms with E-state index in [0.717, 1.165) is 8.35 Å². The van der Waals surface area contributed by atoms with Crippen molar-refractivity contribution in [1.29, 1.82) is 0 Å². The molecular formula is C15H14BrF2N3S. The molecule has 0 N–H and O–H groups in total. The molecule has 0 atom stereocenters. The average Bonchev–Trinajstić information content (AvgIpc) is 3.01. The van der Waals surface area contributed by atoms with E-state index in [1.54, 1.807) is 29.5 Å². The lowest BCUT2D eigenvalue weighted by Gasteiger charge is -2.16. The number of imidazole rings is 1. The SMILES string of the molecule is CN(Cc1ccc(Br)s1)Cc1nc2ccccc2n1C(F)F. The van der Waals surface area contributed by atoms with Gasteiger partial charge in [0.15, 0.2) is 0 Å². The molecule has 0 aliphatic carbocycles. The second-order valence-electron chi connectivity index (χ2n) is 5.04. The molecule has 3 aromatic rings. The molecule has 2 heterocycles. The zero-order valence-electron chi connectivity index (χ0n) is 11.8. The average molecular weight is 386 g/mol. The molecule has 0 spiro atoms. The lowest BCUT2D eigenvalue weighted by Crippen LogP contribution is -2.20. The summed E-state index contributed by atoms with van der Waals surface area (Å²) >= 11 is 5.07.